The van der Waals surface area contributed by atoms with Crippen LogP contribution in [0.5, 0.6) is 11.5 Å². The van der Waals surface area contributed by atoms with E-state index in [1.807, 2.05) is 0 Å². The number of nitrogens with zero attached hydrogens (tertiary/aromatic N) is 1. The van der Waals surface area contributed by atoms with E-state index in [2.05, 4.69) is 8.92 Å². The Balaban J connectivity index is 1.97. The normalized spacial score (nSPS) is 21.2. The summed E-state index contributed by atoms with van der Waals surface area (Å²) in [4.78, 5) is 26.0. The number of rotatable bonds is 7. The zero-order valence-corrected chi connectivity index (χ0v) is 20.7. The average Bonchev–Trinajstić information content (AvgIpc) is 3.31. The molecule has 0 fully saturated rings. The number of carbonyl (C=O) groups is 2. The molecule has 1 aliphatic carbocycles. The van der Waals surface area contributed by atoms with E-state index in [9.17, 15) is 35.7 Å². The van der Waals surface area contributed by atoms with Crippen LogP contribution in [0.15, 0.2) is 53.1 Å². The van der Waals surface area contributed by atoms with Crippen LogP contribution in [0.4, 0.5) is 18.9 Å². The fourth-order valence-electron chi connectivity index (χ4n) is 3.52. The molecule has 0 radical (unpaired) electrons. The minimum atomic E-state index is -6.34. The molecule has 1 aromatic carbocycles. The number of hydrogen-bond donors (Lipinski definition) is 0. The van der Waals surface area contributed by atoms with Gasteiger partial charge in [0.05, 0.1) is 36.3 Å². The zero-order chi connectivity index (χ0) is 27.1. The van der Waals surface area contributed by atoms with Gasteiger partial charge < -0.3 is 27.7 Å². The molecule has 0 spiro atoms. The molecule has 0 bridgehead atoms. The molecule has 0 amide bonds. The van der Waals surface area contributed by atoms with Crippen molar-refractivity contribution in [1.29, 1.82) is 0 Å². The Morgan fingerprint density at radius 3 is 2.59 bits per heavy atom. The number of anilines is 1. The van der Waals surface area contributed by atoms with Crippen molar-refractivity contribution >= 4 is 38.9 Å². The van der Waals surface area contributed by atoms with Crippen molar-refractivity contribution in [3.63, 3.8) is 0 Å². The molecule has 2 aliphatic heterocycles. The van der Waals surface area contributed by atoms with Gasteiger partial charge in [0.25, 0.3) is 5.78 Å². The largest absolute Gasteiger partial charge is 0.592 e. The number of Topliss-reactive ketones (excluding diaryl/α,β-unsaturated/α-hetero) is 1. The number of carbonyl (C=O) groups excluding carboxylic acids is 2. The van der Waals surface area contributed by atoms with Gasteiger partial charge in [-0.05, 0) is 30.7 Å². The lowest BCUT2D eigenvalue weighted by Gasteiger charge is -2.38. The highest BCUT2D eigenvalue weighted by Crippen LogP contribution is 2.45. The molecule has 1 aromatic rings. The Labute approximate surface area is 211 Å². The van der Waals surface area contributed by atoms with E-state index >= 15 is 0 Å². The van der Waals surface area contributed by atoms with Gasteiger partial charge in [0.1, 0.15) is 0 Å². The van der Waals surface area contributed by atoms with Crippen molar-refractivity contribution in [2.45, 2.75) is 24.1 Å². The number of allylic oxidation sites excluding steroid dienone is 4. The Hall–Kier alpha value is -3.37. The van der Waals surface area contributed by atoms with Gasteiger partial charge in [-0.1, -0.05) is 6.92 Å². The van der Waals surface area contributed by atoms with E-state index < -0.39 is 61.0 Å². The van der Waals surface area contributed by atoms with Crippen LogP contribution in [0.3, 0.4) is 0 Å². The number of esters is 1. The second-order valence-electron chi connectivity index (χ2n) is 7.51. The summed E-state index contributed by atoms with van der Waals surface area (Å²) in [6.07, 6.45) is 2.58. The molecular formula is C21H18F3NO10S2. The monoisotopic (exact) mass is 565 g/mol. The molecule has 0 saturated carbocycles. The lowest BCUT2D eigenvalue weighted by molar-refractivity contribution is -0.136. The number of ketones is 1. The van der Waals surface area contributed by atoms with Gasteiger partial charge >= 0.3 is 21.6 Å². The summed E-state index contributed by atoms with van der Waals surface area (Å²) >= 11 is -2.54. The van der Waals surface area contributed by atoms with Gasteiger partial charge in [-0.3, -0.25) is 4.79 Å². The quantitative estimate of drug-likeness (QED) is 0.208. The molecule has 16 heteroatoms. The fourth-order valence-corrected chi connectivity index (χ4v) is 5.58. The topological polar surface area (TPSA) is 141 Å². The maximum atomic E-state index is 13.8. The van der Waals surface area contributed by atoms with E-state index in [0.717, 1.165) is 19.3 Å². The molecule has 2 atom stereocenters. The molecule has 0 saturated heterocycles. The maximum Gasteiger partial charge on any atom is 0.534 e. The van der Waals surface area contributed by atoms with Crippen molar-refractivity contribution in [1.82, 2.24) is 0 Å². The number of methoxy groups -OCH3 is 1. The summed E-state index contributed by atoms with van der Waals surface area (Å²) < 4.78 is 103. The Morgan fingerprint density at radius 1 is 1.24 bits per heavy atom. The Morgan fingerprint density at radius 2 is 1.95 bits per heavy atom. The van der Waals surface area contributed by atoms with Crippen LogP contribution < -0.4 is 13.8 Å². The smallest absolute Gasteiger partial charge is 0.534 e. The van der Waals surface area contributed by atoms with Gasteiger partial charge in [-0.25, -0.2) is 4.79 Å². The average molecular weight is 566 g/mol. The molecule has 4 rings (SSSR count). The van der Waals surface area contributed by atoms with E-state index in [0.29, 0.717) is 10.7 Å². The molecule has 0 N–H and O–H groups in total. The molecule has 3 aliphatic rings. The summed E-state index contributed by atoms with van der Waals surface area (Å²) in [5.41, 5.74) is -7.50. The number of benzene rings is 1. The number of fused-ring (bicyclic) bond motifs is 2. The first kappa shape index (κ1) is 26.7. The maximum absolute atomic E-state index is 13.8. The lowest BCUT2D eigenvalue weighted by atomic mass is 9.98. The van der Waals surface area contributed by atoms with Gasteiger partial charge in [0.2, 0.25) is 17.7 Å². The van der Waals surface area contributed by atoms with Gasteiger partial charge in [-0.15, -0.1) is 0 Å². The first-order chi connectivity index (χ1) is 17.4. The number of hydrogen-bond acceptors (Lipinski definition) is 11. The second kappa shape index (κ2) is 9.83. The van der Waals surface area contributed by atoms with Crippen molar-refractivity contribution in [3.8, 4) is 11.5 Å². The number of ether oxygens (including phenoxy) is 4. The third kappa shape index (κ3) is 4.71. The van der Waals surface area contributed by atoms with E-state index in [1.54, 1.807) is 6.92 Å². The first-order valence-corrected chi connectivity index (χ1v) is 13.0. The zero-order valence-electron chi connectivity index (χ0n) is 19.1. The second-order valence-corrected chi connectivity index (χ2v) is 10.4. The van der Waals surface area contributed by atoms with Crippen LogP contribution in [0.2, 0.25) is 0 Å². The van der Waals surface area contributed by atoms with Crippen LogP contribution in [-0.4, -0.2) is 56.0 Å². The standard InChI is InChI=1S/C21H18F3NO10S2/c1-3-8-32-14-7-5-12-18(35-37(29,30)21(22,23)24)16(20(27)31-2)25(36(28)19(12)17(14)26)11-4-6-13-15(9-11)34-10-33-13/h4-7,9,19H,3,8,10H2,1-2H3. The van der Waals surface area contributed by atoms with Crippen LogP contribution >= 0.6 is 0 Å². The fraction of sp³-hybridized carbons (Fsp3) is 0.333. The molecule has 11 nitrogen and oxygen atoms in total. The van der Waals surface area contributed by atoms with Gasteiger partial charge in [0, 0.05) is 6.07 Å². The SMILES string of the molecule is CCCOC1=CC=C2C(OS(=O)(=O)C(F)(F)F)=C(C(=O)OC)N(c3ccc4c(c3)OCO4)[S+]([O-])C2C1=O. The summed E-state index contributed by atoms with van der Waals surface area (Å²) in [5.74, 6) is -3.34. The highest BCUT2D eigenvalue weighted by molar-refractivity contribution is 7.94. The van der Waals surface area contributed by atoms with E-state index in [-0.39, 0.29) is 36.3 Å². The summed E-state index contributed by atoms with van der Waals surface area (Å²) in [7, 11) is -5.47. The van der Waals surface area contributed by atoms with Crippen molar-refractivity contribution in [3.05, 3.63) is 53.1 Å². The Bertz CT molecular complexity index is 1340. The van der Waals surface area contributed by atoms with Crippen molar-refractivity contribution < 1.29 is 58.9 Å². The minimum absolute atomic E-state index is 0.0983. The van der Waals surface area contributed by atoms with E-state index in [1.165, 1.54) is 18.2 Å². The summed E-state index contributed by atoms with van der Waals surface area (Å²) in [5, 5.41) is -1.78. The molecule has 200 valence electrons. The van der Waals surface area contributed by atoms with Gasteiger partial charge in [0.15, 0.2) is 23.0 Å². The molecule has 2 unspecified atom stereocenters. The minimum Gasteiger partial charge on any atom is -0.592 e. The third-order valence-corrected chi connectivity index (χ3v) is 7.72. The molecular weight excluding hydrogens is 547 g/mol. The van der Waals surface area contributed by atoms with Crippen LogP contribution in [0.1, 0.15) is 13.3 Å². The van der Waals surface area contributed by atoms with Crippen molar-refractivity contribution in [2.75, 3.05) is 24.8 Å². The van der Waals surface area contributed by atoms with Gasteiger partial charge in [-0.2, -0.15) is 25.9 Å². The molecule has 37 heavy (non-hydrogen) atoms. The first-order valence-electron chi connectivity index (χ1n) is 10.4. The third-order valence-electron chi connectivity index (χ3n) is 5.15. The predicted octanol–water partition coefficient (Wildman–Crippen LogP) is 2.34. The van der Waals surface area contributed by atoms with Crippen LogP contribution in [0.25, 0.3) is 0 Å². The molecule has 2 heterocycles. The van der Waals surface area contributed by atoms with Crippen molar-refractivity contribution in [2.24, 2.45) is 0 Å². The lowest BCUT2D eigenvalue weighted by Crippen LogP contribution is -2.51. The summed E-state index contributed by atoms with van der Waals surface area (Å²) in [6, 6.07) is 3.88. The predicted molar refractivity (Wildman–Crippen MR) is 119 cm³/mol. The summed E-state index contributed by atoms with van der Waals surface area (Å²) in [6.45, 7) is 1.70. The highest BCUT2D eigenvalue weighted by atomic mass is 32.2. The molecule has 0 aromatic heterocycles. The number of halogens is 3. The van der Waals surface area contributed by atoms with Crippen LogP contribution in [-0.2, 0) is 44.7 Å². The van der Waals surface area contributed by atoms with E-state index in [4.69, 9.17) is 14.2 Å². The van der Waals surface area contributed by atoms with Crippen LogP contribution in [0, 0.1) is 0 Å². The Kier molecular flexibility index (Phi) is 7.09. The highest BCUT2D eigenvalue weighted by Gasteiger charge is 2.57. The number of alkyl halides is 3.